The summed E-state index contributed by atoms with van der Waals surface area (Å²) in [6.45, 7) is 0. The van der Waals surface area contributed by atoms with Crippen molar-refractivity contribution in [3.05, 3.63) is 46.0 Å². The molecule has 0 amide bonds. The molecule has 0 aliphatic carbocycles. The van der Waals surface area contributed by atoms with E-state index in [0.717, 1.165) is 4.47 Å². The van der Waals surface area contributed by atoms with Crippen molar-refractivity contribution < 1.29 is 4.39 Å². The highest BCUT2D eigenvalue weighted by Gasteiger charge is 2.15. The molecule has 1 aromatic carbocycles. The highest BCUT2D eigenvalue weighted by atomic mass is 79.9. The van der Waals surface area contributed by atoms with E-state index in [1.54, 1.807) is 23.8 Å². The van der Waals surface area contributed by atoms with E-state index in [2.05, 4.69) is 31.3 Å². The molecular formula is C13H9BrClFN4. The van der Waals surface area contributed by atoms with Crippen LogP contribution in [0.2, 0.25) is 5.02 Å². The monoisotopic (exact) mass is 354 g/mol. The maximum atomic E-state index is 14.3. The van der Waals surface area contributed by atoms with Gasteiger partial charge in [0.1, 0.15) is 17.8 Å². The second kappa shape index (κ2) is 5.03. The van der Waals surface area contributed by atoms with Gasteiger partial charge in [-0.05, 0) is 34.1 Å². The summed E-state index contributed by atoms with van der Waals surface area (Å²) < 4.78 is 16.7. The third kappa shape index (κ3) is 2.14. The Morgan fingerprint density at radius 3 is 2.90 bits per heavy atom. The fourth-order valence-electron chi connectivity index (χ4n) is 2.03. The minimum Gasteiger partial charge on any atom is -0.387 e. The van der Waals surface area contributed by atoms with Gasteiger partial charge in [-0.15, -0.1) is 0 Å². The maximum Gasteiger partial charge on any atom is 0.137 e. The molecule has 2 heterocycles. The fraction of sp³-hybridized carbons (Fsp3) is 0.0769. The second-order valence-corrected chi connectivity index (χ2v) is 5.48. The molecule has 3 rings (SSSR count). The molecule has 0 saturated carbocycles. The van der Waals surface area contributed by atoms with Crippen LogP contribution in [-0.2, 0) is 0 Å². The van der Waals surface area contributed by atoms with Gasteiger partial charge in [0.25, 0.3) is 0 Å². The fourth-order valence-corrected chi connectivity index (χ4v) is 2.69. The number of nitrogens with zero attached hydrogens (tertiary/aromatic N) is 3. The standard InChI is InChI=1S/C13H9BrClFN4/c1-17-11-4-10(16)8(3-9(11)15)13-12-2-7(14)5-20(12)19-6-18-13/h2-6,17H,1H3. The van der Waals surface area contributed by atoms with Crippen LogP contribution in [0, 0.1) is 5.82 Å². The summed E-state index contributed by atoms with van der Waals surface area (Å²) in [6, 6.07) is 4.74. The zero-order chi connectivity index (χ0) is 14.3. The Hall–Kier alpha value is -1.66. The summed E-state index contributed by atoms with van der Waals surface area (Å²) in [5.41, 5.74) is 2.07. The molecule has 0 saturated heterocycles. The van der Waals surface area contributed by atoms with Gasteiger partial charge < -0.3 is 5.32 Å². The van der Waals surface area contributed by atoms with E-state index in [1.165, 1.54) is 12.4 Å². The quantitative estimate of drug-likeness (QED) is 0.756. The molecule has 2 aromatic heterocycles. The molecule has 0 radical (unpaired) electrons. The number of anilines is 1. The Morgan fingerprint density at radius 2 is 2.15 bits per heavy atom. The van der Waals surface area contributed by atoms with Crippen LogP contribution in [-0.4, -0.2) is 21.6 Å². The topological polar surface area (TPSA) is 42.2 Å². The Morgan fingerprint density at radius 1 is 1.35 bits per heavy atom. The average Bonchev–Trinajstić information content (AvgIpc) is 2.81. The van der Waals surface area contributed by atoms with Crippen LogP contribution >= 0.6 is 27.5 Å². The van der Waals surface area contributed by atoms with Gasteiger partial charge >= 0.3 is 0 Å². The first-order valence-electron chi connectivity index (χ1n) is 5.76. The van der Waals surface area contributed by atoms with Crippen molar-refractivity contribution in [3.63, 3.8) is 0 Å². The minimum atomic E-state index is -0.392. The lowest BCUT2D eigenvalue weighted by Gasteiger charge is -2.09. The summed E-state index contributed by atoms with van der Waals surface area (Å²) in [4.78, 5) is 4.18. The van der Waals surface area contributed by atoms with Crippen LogP contribution in [0.4, 0.5) is 10.1 Å². The first-order valence-corrected chi connectivity index (χ1v) is 6.93. The number of hydrogen-bond acceptors (Lipinski definition) is 3. The van der Waals surface area contributed by atoms with Crippen molar-refractivity contribution in [3.8, 4) is 11.3 Å². The van der Waals surface area contributed by atoms with E-state index in [-0.39, 0.29) is 0 Å². The van der Waals surface area contributed by atoms with E-state index in [9.17, 15) is 4.39 Å². The maximum absolute atomic E-state index is 14.3. The molecule has 0 unspecified atom stereocenters. The second-order valence-electron chi connectivity index (χ2n) is 4.16. The number of benzene rings is 1. The van der Waals surface area contributed by atoms with Gasteiger partial charge in [0, 0.05) is 23.3 Å². The lowest BCUT2D eigenvalue weighted by atomic mass is 10.1. The highest BCUT2D eigenvalue weighted by molar-refractivity contribution is 9.10. The molecule has 4 nitrogen and oxygen atoms in total. The molecule has 3 aromatic rings. The largest absolute Gasteiger partial charge is 0.387 e. The Labute approximate surface area is 127 Å². The SMILES string of the molecule is CNc1cc(F)c(-c2ncnn3cc(Br)cc23)cc1Cl. The predicted molar refractivity (Wildman–Crippen MR) is 80.6 cm³/mol. The Balaban J connectivity index is 2.28. The summed E-state index contributed by atoms with van der Waals surface area (Å²) in [7, 11) is 1.69. The first kappa shape index (κ1) is 13.3. The van der Waals surface area contributed by atoms with E-state index < -0.39 is 5.82 Å². The van der Waals surface area contributed by atoms with Crippen LogP contribution in [0.25, 0.3) is 16.8 Å². The third-order valence-electron chi connectivity index (χ3n) is 2.95. The molecule has 0 bridgehead atoms. The van der Waals surface area contributed by atoms with E-state index >= 15 is 0 Å². The number of nitrogens with one attached hydrogen (secondary N) is 1. The van der Waals surface area contributed by atoms with Crippen LogP contribution in [0.15, 0.2) is 35.2 Å². The van der Waals surface area contributed by atoms with Gasteiger partial charge in [-0.2, -0.15) is 5.10 Å². The van der Waals surface area contributed by atoms with Gasteiger partial charge in [-0.3, -0.25) is 0 Å². The minimum absolute atomic E-state index is 0.340. The Bertz CT molecular complexity index is 802. The van der Waals surface area contributed by atoms with Crippen molar-refractivity contribution in [1.82, 2.24) is 14.6 Å². The van der Waals surface area contributed by atoms with Crippen molar-refractivity contribution >= 4 is 38.7 Å². The van der Waals surface area contributed by atoms with Gasteiger partial charge in [0.2, 0.25) is 0 Å². The van der Waals surface area contributed by atoms with E-state index in [0.29, 0.717) is 27.5 Å². The van der Waals surface area contributed by atoms with Gasteiger partial charge in [-0.25, -0.2) is 13.9 Å². The summed E-state index contributed by atoms with van der Waals surface area (Å²) >= 11 is 9.49. The first-order chi connectivity index (χ1) is 9.60. The lowest BCUT2D eigenvalue weighted by molar-refractivity contribution is 0.631. The lowest BCUT2D eigenvalue weighted by Crippen LogP contribution is -1.98. The van der Waals surface area contributed by atoms with Crippen molar-refractivity contribution in [1.29, 1.82) is 0 Å². The predicted octanol–water partition coefficient (Wildman–Crippen LogP) is 3.99. The van der Waals surface area contributed by atoms with Crippen LogP contribution in [0.5, 0.6) is 0 Å². The van der Waals surface area contributed by atoms with Crippen molar-refractivity contribution in [2.24, 2.45) is 0 Å². The molecule has 20 heavy (non-hydrogen) atoms. The number of hydrogen-bond donors (Lipinski definition) is 1. The smallest absolute Gasteiger partial charge is 0.137 e. The number of halogens is 3. The third-order valence-corrected chi connectivity index (χ3v) is 3.70. The highest BCUT2D eigenvalue weighted by Crippen LogP contribution is 2.33. The van der Waals surface area contributed by atoms with Gasteiger partial charge in [-0.1, -0.05) is 11.6 Å². The van der Waals surface area contributed by atoms with E-state index in [4.69, 9.17) is 11.6 Å². The van der Waals surface area contributed by atoms with Crippen LogP contribution < -0.4 is 5.32 Å². The molecule has 0 atom stereocenters. The average molecular weight is 356 g/mol. The van der Waals surface area contributed by atoms with Crippen LogP contribution in [0.3, 0.4) is 0 Å². The van der Waals surface area contributed by atoms with Gasteiger partial charge in [0.05, 0.1) is 16.2 Å². The summed E-state index contributed by atoms with van der Waals surface area (Å²) in [6.07, 6.45) is 3.16. The summed E-state index contributed by atoms with van der Waals surface area (Å²) in [5, 5.41) is 7.36. The zero-order valence-corrected chi connectivity index (χ0v) is 12.7. The zero-order valence-electron chi connectivity index (χ0n) is 10.4. The number of fused-ring (bicyclic) bond motifs is 1. The molecule has 0 aliphatic rings. The summed E-state index contributed by atoms with van der Waals surface area (Å²) in [5.74, 6) is -0.392. The van der Waals surface area contributed by atoms with E-state index in [1.807, 2.05) is 6.07 Å². The van der Waals surface area contributed by atoms with Crippen molar-refractivity contribution in [2.75, 3.05) is 12.4 Å². The molecule has 0 aliphatic heterocycles. The molecule has 102 valence electrons. The van der Waals surface area contributed by atoms with Crippen LogP contribution in [0.1, 0.15) is 0 Å². The molecule has 1 N–H and O–H groups in total. The molecule has 7 heteroatoms. The number of aromatic nitrogens is 3. The van der Waals surface area contributed by atoms with Crippen molar-refractivity contribution in [2.45, 2.75) is 0 Å². The number of rotatable bonds is 2. The molecule has 0 spiro atoms. The normalized spacial score (nSPS) is 11.0. The van der Waals surface area contributed by atoms with Gasteiger partial charge in [0.15, 0.2) is 0 Å². The molecule has 0 fully saturated rings. The Kier molecular flexibility index (Phi) is 3.35. The molecular weight excluding hydrogens is 347 g/mol.